The highest BCUT2D eigenvalue weighted by Gasteiger charge is 1.99. The molecule has 0 spiro atoms. The zero-order valence-corrected chi connectivity index (χ0v) is 11.9. The lowest BCUT2D eigenvalue weighted by atomic mass is 10.2. The fourth-order valence-electron chi connectivity index (χ4n) is 1.64. The van der Waals surface area contributed by atoms with Crippen molar-refractivity contribution in [2.45, 2.75) is 26.2 Å². The van der Waals surface area contributed by atoms with Crippen LogP contribution in [-0.4, -0.2) is 32.7 Å². The van der Waals surface area contributed by atoms with Crippen LogP contribution in [0.15, 0.2) is 24.3 Å². The summed E-state index contributed by atoms with van der Waals surface area (Å²) >= 11 is 0. The Balaban J connectivity index is 2.01. The van der Waals surface area contributed by atoms with E-state index in [1.807, 2.05) is 38.2 Å². The molecule has 0 aliphatic heterocycles. The fourth-order valence-corrected chi connectivity index (χ4v) is 1.64. The third kappa shape index (κ3) is 7.47. The van der Waals surface area contributed by atoms with Crippen molar-refractivity contribution in [3.05, 3.63) is 29.8 Å². The molecule has 2 N–H and O–H groups in total. The van der Waals surface area contributed by atoms with Gasteiger partial charge in [-0.3, -0.25) is 4.79 Å². The van der Waals surface area contributed by atoms with Gasteiger partial charge in [-0.25, -0.2) is 0 Å². The molecule has 0 bridgehead atoms. The SMILES string of the molecule is CNCCCC(=O)NCCCOc1ccc(C)cc1. The van der Waals surface area contributed by atoms with Crippen molar-refractivity contribution in [3.8, 4) is 5.75 Å². The quantitative estimate of drug-likeness (QED) is 0.670. The van der Waals surface area contributed by atoms with Gasteiger partial charge in [-0.1, -0.05) is 17.7 Å². The maximum Gasteiger partial charge on any atom is 0.220 e. The monoisotopic (exact) mass is 264 g/mol. The topological polar surface area (TPSA) is 50.4 Å². The molecule has 0 unspecified atom stereocenters. The van der Waals surface area contributed by atoms with Crippen LogP contribution in [0.1, 0.15) is 24.8 Å². The average Bonchev–Trinajstić information content (AvgIpc) is 2.41. The zero-order valence-electron chi connectivity index (χ0n) is 11.9. The number of amides is 1. The van der Waals surface area contributed by atoms with Crippen LogP contribution >= 0.6 is 0 Å². The Kier molecular flexibility index (Phi) is 7.66. The smallest absolute Gasteiger partial charge is 0.220 e. The van der Waals surface area contributed by atoms with Gasteiger partial charge in [0.15, 0.2) is 0 Å². The molecular weight excluding hydrogens is 240 g/mol. The molecule has 1 aromatic carbocycles. The predicted octanol–water partition coefficient (Wildman–Crippen LogP) is 1.88. The van der Waals surface area contributed by atoms with Crippen molar-refractivity contribution < 1.29 is 9.53 Å². The van der Waals surface area contributed by atoms with Crippen molar-refractivity contribution in [2.75, 3.05) is 26.7 Å². The Morgan fingerprint density at radius 2 is 1.89 bits per heavy atom. The third-order valence-corrected chi connectivity index (χ3v) is 2.76. The van der Waals surface area contributed by atoms with Crippen LogP contribution in [0.4, 0.5) is 0 Å². The number of hydrogen-bond donors (Lipinski definition) is 2. The standard InChI is InChI=1S/C15H24N2O2/c1-13-6-8-14(9-7-13)19-12-4-11-17-15(18)5-3-10-16-2/h6-9,16H,3-5,10-12H2,1-2H3,(H,17,18). The van der Waals surface area contributed by atoms with E-state index in [0.29, 0.717) is 19.6 Å². The third-order valence-electron chi connectivity index (χ3n) is 2.76. The van der Waals surface area contributed by atoms with Gasteiger partial charge in [-0.15, -0.1) is 0 Å². The summed E-state index contributed by atoms with van der Waals surface area (Å²) in [4.78, 5) is 11.4. The summed E-state index contributed by atoms with van der Waals surface area (Å²) in [6, 6.07) is 7.98. The molecule has 1 rings (SSSR count). The van der Waals surface area contributed by atoms with Gasteiger partial charge in [0.05, 0.1) is 6.61 Å². The van der Waals surface area contributed by atoms with E-state index in [0.717, 1.165) is 25.1 Å². The number of carbonyl (C=O) groups is 1. The lowest BCUT2D eigenvalue weighted by Crippen LogP contribution is -2.26. The molecule has 0 radical (unpaired) electrons. The zero-order chi connectivity index (χ0) is 13.9. The maximum atomic E-state index is 11.4. The van der Waals surface area contributed by atoms with Crippen LogP contribution in [0.25, 0.3) is 0 Å². The van der Waals surface area contributed by atoms with E-state index in [1.165, 1.54) is 5.56 Å². The molecular formula is C15H24N2O2. The summed E-state index contributed by atoms with van der Waals surface area (Å²) in [7, 11) is 1.89. The summed E-state index contributed by atoms with van der Waals surface area (Å²) in [6.45, 7) is 4.22. The van der Waals surface area contributed by atoms with Crippen molar-refractivity contribution in [3.63, 3.8) is 0 Å². The molecule has 1 aromatic rings. The Morgan fingerprint density at radius 3 is 2.58 bits per heavy atom. The van der Waals surface area contributed by atoms with Crippen LogP contribution in [-0.2, 0) is 4.79 Å². The molecule has 0 aliphatic carbocycles. The van der Waals surface area contributed by atoms with E-state index in [1.54, 1.807) is 0 Å². The highest BCUT2D eigenvalue weighted by atomic mass is 16.5. The van der Waals surface area contributed by atoms with Gasteiger partial charge in [0.1, 0.15) is 5.75 Å². The molecule has 0 heterocycles. The van der Waals surface area contributed by atoms with Gasteiger partial charge in [0.2, 0.25) is 5.91 Å². The minimum Gasteiger partial charge on any atom is -0.494 e. The van der Waals surface area contributed by atoms with Crippen molar-refractivity contribution in [2.24, 2.45) is 0 Å². The molecule has 0 saturated carbocycles. The van der Waals surface area contributed by atoms with E-state index in [-0.39, 0.29) is 5.91 Å². The maximum absolute atomic E-state index is 11.4. The summed E-state index contributed by atoms with van der Waals surface area (Å²) in [6.07, 6.45) is 2.29. The molecule has 19 heavy (non-hydrogen) atoms. The number of carbonyl (C=O) groups excluding carboxylic acids is 1. The number of rotatable bonds is 9. The van der Waals surface area contributed by atoms with Crippen LogP contribution < -0.4 is 15.4 Å². The summed E-state index contributed by atoms with van der Waals surface area (Å²) < 4.78 is 5.58. The van der Waals surface area contributed by atoms with Gasteiger partial charge in [0.25, 0.3) is 0 Å². The van der Waals surface area contributed by atoms with Gasteiger partial charge in [-0.2, -0.15) is 0 Å². The summed E-state index contributed by atoms with van der Waals surface area (Å²) in [5, 5.41) is 5.91. The number of hydrogen-bond acceptors (Lipinski definition) is 3. The highest BCUT2D eigenvalue weighted by Crippen LogP contribution is 2.11. The van der Waals surface area contributed by atoms with Gasteiger partial charge < -0.3 is 15.4 Å². The van der Waals surface area contributed by atoms with E-state index >= 15 is 0 Å². The first-order valence-electron chi connectivity index (χ1n) is 6.83. The first-order valence-corrected chi connectivity index (χ1v) is 6.83. The normalized spacial score (nSPS) is 10.2. The van der Waals surface area contributed by atoms with Crippen molar-refractivity contribution in [1.82, 2.24) is 10.6 Å². The van der Waals surface area contributed by atoms with E-state index < -0.39 is 0 Å². The van der Waals surface area contributed by atoms with E-state index in [2.05, 4.69) is 10.6 Å². The average molecular weight is 264 g/mol. The number of ether oxygens (including phenoxy) is 1. The number of aryl methyl sites for hydroxylation is 1. The fraction of sp³-hybridized carbons (Fsp3) is 0.533. The Labute approximate surface area is 115 Å². The lowest BCUT2D eigenvalue weighted by molar-refractivity contribution is -0.121. The Bertz CT molecular complexity index is 363. The van der Waals surface area contributed by atoms with Gasteiger partial charge in [-0.05, 0) is 45.5 Å². The molecule has 0 atom stereocenters. The van der Waals surface area contributed by atoms with Crippen molar-refractivity contribution >= 4 is 5.91 Å². The van der Waals surface area contributed by atoms with Crippen LogP contribution in [0.3, 0.4) is 0 Å². The molecule has 106 valence electrons. The Hall–Kier alpha value is -1.55. The molecule has 1 amide bonds. The Morgan fingerprint density at radius 1 is 1.16 bits per heavy atom. The van der Waals surface area contributed by atoms with Gasteiger partial charge in [0, 0.05) is 13.0 Å². The predicted molar refractivity (Wildman–Crippen MR) is 77.5 cm³/mol. The first-order chi connectivity index (χ1) is 9.22. The minimum atomic E-state index is 0.116. The minimum absolute atomic E-state index is 0.116. The second kappa shape index (κ2) is 9.39. The lowest BCUT2D eigenvalue weighted by Gasteiger charge is -2.07. The highest BCUT2D eigenvalue weighted by molar-refractivity contribution is 5.75. The van der Waals surface area contributed by atoms with Gasteiger partial charge >= 0.3 is 0 Å². The molecule has 0 aliphatic rings. The number of nitrogens with one attached hydrogen (secondary N) is 2. The molecule has 0 saturated heterocycles. The van der Waals surface area contributed by atoms with Crippen LogP contribution in [0.5, 0.6) is 5.75 Å². The molecule has 4 nitrogen and oxygen atoms in total. The summed E-state index contributed by atoms with van der Waals surface area (Å²) in [5.74, 6) is 0.997. The molecule has 4 heteroatoms. The molecule has 0 aromatic heterocycles. The van der Waals surface area contributed by atoms with Crippen molar-refractivity contribution in [1.29, 1.82) is 0 Å². The first kappa shape index (κ1) is 15.5. The summed E-state index contributed by atoms with van der Waals surface area (Å²) in [5.41, 5.74) is 1.22. The second-order valence-corrected chi connectivity index (χ2v) is 4.57. The molecule has 0 fully saturated rings. The number of benzene rings is 1. The van der Waals surface area contributed by atoms with Crippen LogP contribution in [0.2, 0.25) is 0 Å². The largest absolute Gasteiger partial charge is 0.494 e. The van der Waals surface area contributed by atoms with E-state index in [9.17, 15) is 4.79 Å². The van der Waals surface area contributed by atoms with Crippen LogP contribution in [0, 0.1) is 6.92 Å². The second-order valence-electron chi connectivity index (χ2n) is 4.57. The van der Waals surface area contributed by atoms with E-state index in [4.69, 9.17) is 4.74 Å².